The number of carbonyl (C=O) groups excluding carboxylic acids is 2. The number of fused-ring (bicyclic) bond motifs is 1. The summed E-state index contributed by atoms with van der Waals surface area (Å²) in [5.74, 6) is -0.743. The van der Waals surface area contributed by atoms with Crippen LogP contribution < -0.4 is 26.6 Å². The molecule has 178 valence electrons. The Kier molecular flexibility index (Phi) is 6.93. The van der Waals surface area contributed by atoms with Gasteiger partial charge in [-0.3, -0.25) is 28.5 Å². The molecule has 0 fully saturated rings. The molecule has 0 aliphatic heterocycles. The average molecular weight is 494 g/mol. The van der Waals surface area contributed by atoms with Gasteiger partial charge in [-0.1, -0.05) is 23.7 Å². The predicted octanol–water partition coefficient (Wildman–Crippen LogP) is 2.50. The Morgan fingerprint density at radius 2 is 1.63 bits per heavy atom. The Hall–Kier alpha value is -4.44. The Labute approximate surface area is 203 Å². The summed E-state index contributed by atoms with van der Waals surface area (Å²) in [7, 11) is 1.45. The van der Waals surface area contributed by atoms with Gasteiger partial charge in [0.1, 0.15) is 18.8 Å². The standard InChI is InChI=1S/C24H20ClN5O5/c1-35-20-7-6-15(25)12-18(20)28-22(32)13-29-19-5-3-2-4-17(19)23(33)30(24(29)34)14-21(31)27-16-8-10-26-11-9-16/h2-12H,13-14H2,1H3,(H,28,32)(H,26,27,31). The lowest BCUT2D eigenvalue weighted by atomic mass is 10.2. The van der Waals surface area contributed by atoms with Gasteiger partial charge in [0, 0.05) is 23.1 Å². The lowest BCUT2D eigenvalue weighted by molar-refractivity contribution is -0.117. The second kappa shape index (κ2) is 10.2. The second-order valence-corrected chi connectivity index (χ2v) is 7.89. The van der Waals surface area contributed by atoms with Crippen LogP contribution in [-0.2, 0) is 22.7 Å². The fourth-order valence-corrected chi connectivity index (χ4v) is 3.73. The summed E-state index contributed by atoms with van der Waals surface area (Å²) in [6.45, 7) is -0.949. The van der Waals surface area contributed by atoms with Crippen LogP contribution in [0.3, 0.4) is 0 Å². The number of carbonyl (C=O) groups is 2. The molecule has 0 unspecified atom stereocenters. The first-order chi connectivity index (χ1) is 16.9. The van der Waals surface area contributed by atoms with Crippen molar-refractivity contribution in [2.45, 2.75) is 13.1 Å². The molecule has 0 bridgehead atoms. The molecule has 0 aliphatic carbocycles. The van der Waals surface area contributed by atoms with Crippen LogP contribution in [0.15, 0.2) is 76.6 Å². The smallest absolute Gasteiger partial charge is 0.332 e. The van der Waals surface area contributed by atoms with Crippen molar-refractivity contribution < 1.29 is 14.3 Å². The molecule has 4 rings (SSSR count). The van der Waals surface area contributed by atoms with Crippen LogP contribution in [0.2, 0.25) is 5.02 Å². The molecule has 2 heterocycles. The van der Waals surface area contributed by atoms with Crippen molar-refractivity contribution in [3.8, 4) is 5.75 Å². The quantitative estimate of drug-likeness (QED) is 0.407. The fraction of sp³-hybridized carbons (Fsp3) is 0.125. The zero-order chi connectivity index (χ0) is 24.9. The summed E-state index contributed by atoms with van der Waals surface area (Å²) in [5.41, 5.74) is -0.377. The minimum Gasteiger partial charge on any atom is -0.495 e. The van der Waals surface area contributed by atoms with Gasteiger partial charge in [-0.2, -0.15) is 0 Å². The van der Waals surface area contributed by atoms with E-state index in [9.17, 15) is 19.2 Å². The number of ether oxygens (including phenoxy) is 1. The van der Waals surface area contributed by atoms with Crippen LogP contribution >= 0.6 is 11.6 Å². The van der Waals surface area contributed by atoms with Gasteiger partial charge in [0.15, 0.2) is 0 Å². The summed E-state index contributed by atoms with van der Waals surface area (Å²) in [5, 5.41) is 5.86. The minimum atomic E-state index is -0.799. The van der Waals surface area contributed by atoms with E-state index < -0.39 is 36.2 Å². The summed E-state index contributed by atoms with van der Waals surface area (Å²) >= 11 is 6.02. The van der Waals surface area contributed by atoms with Crippen LogP contribution in [0.1, 0.15) is 0 Å². The zero-order valence-corrected chi connectivity index (χ0v) is 19.3. The maximum absolute atomic E-state index is 13.3. The van der Waals surface area contributed by atoms with E-state index in [1.165, 1.54) is 31.6 Å². The van der Waals surface area contributed by atoms with Gasteiger partial charge in [-0.15, -0.1) is 0 Å². The van der Waals surface area contributed by atoms with Crippen molar-refractivity contribution in [1.82, 2.24) is 14.1 Å². The molecule has 2 aromatic carbocycles. The molecular formula is C24H20ClN5O5. The fourth-order valence-electron chi connectivity index (χ4n) is 3.55. The Morgan fingerprint density at radius 3 is 2.37 bits per heavy atom. The number of nitrogens with zero attached hydrogens (tertiary/aromatic N) is 3. The first-order valence-electron chi connectivity index (χ1n) is 10.4. The molecule has 0 atom stereocenters. The number of nitrogens with one attached hydrogen (secondary N) is 2. The number of pyridine rings is 1. The molecule has 2 aromatic heterocycles. The van der Waals surface area contributed by atoms with Crippen LogP contribution in [0.5, 0.6) is 5.75 Å². The van der Waals surface area contributed by atoms with E-state index in [4.69, 9.17) is 16.3 Å². The van der Waals surface area contributed by atoms with Crippen LogP contribution in [0.4, 0.5) is 11.4 Å². The van der Waals surface area contributed by atoms with Gasteiger partial charge in [0.25, 0.3) is 5.56 Å². The van der Waals surface area contributed by atoms with Crippen molar-refractivity contribution in [1.29, 1.82) is 0 Å². The maximum Gasteiger partial charge on any atom is 0.332 e. The van der Waals surface area contributed by atoms with E-state index in [-0.39, 0.29) is 10.9 Å². The van der Waals surface area contributed by atoms with Gasteiger partial charge < -0.3 is 15.4 Å². The molecule has 10 nitrogen and oxygen atoms in total. The summed E-state index contributed by atoms with van der Waals surface area (Å²) in [6.07, 6.45) is 3.00. The highest BCUT2D eigenvalue weighted by Crippen LogP contribution is 2.27. The summed E-state index contributed by atoms with van der Waals surface area (Å²) < 4.78 is 7.18. The van der Waals surface area contributed by atoms with Gasteiger partial charge >= 0.3 is 5.69 Å². The average Bonchev–Trinajstić information content (AvgIpc) is 2.85. The number of hydrogen-bond acceptors (Lipinski definition) is 6. The maximum atomic E-state index is 13.3. The first kappa shape index (κ1) is 23.7. The zero-order valence-electron chi connectivity index (χ0n) is 18.5. The van der Waals surface area contributed by atoms with E-state index in [1.54, 1.807) is 42.5 Å². The minimum absolute atomic E-state index is 0.192. The molecule has 0 saturated carbocycles. The number of aromatic nitrogens is 3. The lowest BCUT2D eigenvalue weighted by Crippen LogP contribution is -2.44. The molecular weight excluding hydrogens is 474 g/mol. The third-order valence-corrected chi connectivity index (χ3v) is 5.37. The van der Waals surface area contributed by atoms with Crippen LogP contribution in [0, 0.1) is 0 Å². The largest absolute Gasteiger partial charge is 0.495 e. The highest BCUT2D eigenvalue weighted by molar-refractivity contribution is 6.31. The van der Waals surface area contributed by atoms with Crippen LogP contribution in [-0.4, -0.2) is 33.0 Å². The van der Waals surface area contributed by atoms with Crippen molar-refractivity contribution >= 4 is 45.7 Å². The predicted molar refractivity (Wildman–Crippen MR) is 132 cm³/mol. The summed E-state index contributed by atoms with van der Waals surface area (Å²) in [6, 6.07) is 14.3. The lowest BCUT2D eigenvalue weighted by Gasteiger charge is -2.15. The Bertz CT molecular complexity index is 1530. The highest BCUT2D eigenvalue weighted by Gasteiger charge is 2.18. The molecule has 0 aliphatic rings. The van der Waals surface area contributed by atoms with Crippen molar-refractivity contribution in [3.63, 3.8) is 0 Å². The number of methoxy groups -OCH3 is 1. The molecule has 0 saturated heterocycles. The molecule has 4 aromatic rings. The first-order valence-corrected chi connectivity index (χ1v) is 10.8. The molecule has 2 amide bonds. The Balaban J connectivity index is 1.68. The number of anilines is 2. The third kappa shape index (κ3) is 5.22. The molecule has 0 radical (unpaired) electrons. The second-order valence-electron chi connectivity index (χ2n) is 7.45. The number of halogens is 1. The third-order valence-electron chi connectivity index (χ3n) is 5.14. The monoisotopic (exact) mass is 493 g/mol. The SMILES string of the molecule is COc1ccc(Cl)cc1NC(=O)Cn1c(=O)n(CC(=O)Nc2ccncc2)c(=O)c2ccccc21. The van der Waals surface area contributed by atoms with E-state index in [1.807, 2.05) is 0 Å². The molecule has 2 N–H and O–H groups in total. The normalized spacial score (nSPS) is 10.7. The highest BCUT2D eigenvalue weighted by atomic mass is 35.5. The number of para-hydroxylation sites is 1. The van der Waals surface area contributed by atoms with E-state index in [0.717, 1.165) is 9.13 Å². The van der Waals surface area contributed by atoms with Gasteiger partial charge in [0.2, 0.25) is 11.8 Å². The van der Waals surface area contributed by atoms with E-state index in [0.29, 0.717) is 22.1 Å². The van der Waals surface area contributed by atoms with E-state index in [2.05, 4.69) is 15.6 Å². The molecule has 11 heteroatoms. The summed E-state index contributed by atoms with van der Waals surface area (Å²) in [4.78, 5) is 55.6. The van der Waals surface area contributed by atoms with Gasteiger partial charge in [-0.25, -0.2) is 4.79 Å². The van der Waals surface area contributed by atoms with Gasteiger partial charge in [0.05, 0.1) is 23.7 Å². The molecule has 0 spiro atoms. The number of benzene rings is 2. The number of rotatable bonds is 7. The van der Waals surface area contributed by atoms with Crippen LogP contribution in [0.25, 0.3) is 10.9 Å². The topological polar surface area (TPSA) is 124 Å². The number of hydrogen-bond donors (Lipinski definition) is 2. The number of amides is 2. The Morgan fingerprint density at radius 1 is 0.943 bits per heavy atom. The molecule has 35 heavy (non-hydrogen) atoms. The van der Waals surface area contributed by atoms with Crippen molar-refractivity contribution in [2.75, 3.05) is 17.7 Å². The van der Waals surface area contributed by atoms with E-state index >= 15 is 0 Å². The van der Waals surface area contributed by atoms with Crippen molar-refractivity contribution in [2.24, 2.45) is 0 Å². The van der Waals surface area contributed by atoms with Gasteiger partial charge in [-0.05, 0) is 42.5 Å². The van der Waals surface area contributed by atoms with Crippen molar-refractivity contribution in [3.05, 3.63) is 92.9 Å².